The van der Waals surface area contributed by atoms with E-state index in [9.17, 15) is 39.0 Å². The van der Waals surface area contributed by atoms with Crippen molar-refractivity contribution in [2.75, 3.05) is 5.32 Å². The quantitative estimate of drug-likeness (QED) is 0.113. The second-order valence-electron chi connectivity index (χ2n) is 14.0. The van der Waals surface area contributed by atoms with Crippen LogP contribution in [0.4, 0.5) is 5.69 Å². The Bertz CT molecular complexity index is 2210. The molecule has 298 valence electrons. The fourth-order valence-corrected chi connectivity index (χ4v) is 7.27. The molecule has 1 aromatic heterocycles. The van der Waals surface area contributed by atoms with Crippen LogP contribution in [0.2, 0.25) is 0 Å². The number of aromatic hydroxyl groups is 1. The molecule has 0 saturated heterocycles. The zero-order valence-corrected chi connectivity index (χ0v) is 32.2. The second-order valence-corrected chi connectivity index (χ2v) is 15.0. The number of carbonyl (C=O) groups is 6. The number of fused-ring (bicyclic) bond motifs is 18. The van der Waals surface area contributed by atoms with Crippen LogP contribution in [0.15, 0.2) is 121 Å². The van der Waals surface area contributed by atoms with Crippen molar-refractivity contribution in [3.63, 3.8) is 0 Å². The molecule has 0 unspecified atom stereocenters. The third-order valence-corrected chi connectivity index (χ3v) is 10.6. The predicted octanol–water partition coefficient (Wildman–Crippen LogP) is 4.15. The lowest BCUT2D eigenvalue weighted by Crippen LogP contribution is -2.59. The Morgan fingerprint density at radius 1 is 0.586 bits per heavy atom. The average Bonchev–Trinajstić information content (AvgIpc) is 3.74. The number of carbonyl (C=O) groups excluding carboxylic acids is 5. The van der Waals surface area contributed by atoms with Crippen molar-refractivity contribution >= 4 is 52.5 Å². The summed E-state index contributed by atoms with van der Waals surface area (Å²) in [6.45, 7) is 0. The largest absolute Gasteiger partial charge is 0.508 e. The van der Waals surface area contributed by atoms with Gasteiger partial charge in [0, 0.05) is 49.1 Å². The molecule has 0 fully saturated rings. The van der Waals surface area contributed by atoms with Gasteiger partial charge in [-0.15, -0.1) is 11.3 Å². The molecule has 5 aromatic rings. The average molecular weight is 802 g/mol. The van der Waals surface area contributed by atoms with Crippen molar-refractivity contribution < 1.29 is 39.0 Å². The second kappa shape index (κ2) is 19.4. The van der Waals surface area contributed by atoms with E-state index in [1.165, 1.54) is 23.5 Å². The number of aliphatic carboxylic acids is 1. The predicted molar refractivity (Wildman–Crippen MR) is 219 cm³/mol. The summed E-state index contributed by atoms with van der Waals surface area (Å²) < 4.78 is 0. The zero-order valence-electron chi connectivity index (χ0n) is 31.4. The maximum absolute atomic E-state index is 14.4. The van der Waals surface area contributed by atoms with Crippen molar-refractivity contribution in [1.82, 2.24) is 21.3 Å². The molecule has 58 heavy (non-hydrogen) atoms. The Morgan fingerprint density at radius 2 is 1.14 bits per heavy atom. The fraction of sp³-hybridized carbons (Fsp3) is 0.227. The van der Waals surface area contributed by atoms with Gasteiger partial charge in [-0.1, -0.05) is 84.9 Å². The van der Waals surface area contributed by atoms with Gasteiger partial charge in [0.1, 0.15) is 29.9 Å². The van der Waals surface area contributed by atoms with Crippen LogP contribution >= 0.6 is 11.3 Å². The summed E-state index contributed by atoms with van der Waals surface area (Å²) in [5.74, 6) is -4.49. The monoisotopic (exact) mass is 801 g/mol. The topological polar surface area (TPSA) is 203 Å². The highest BCUT2D eigenvalue weighted by atomic mass is 32.1. The van der Waals surface area contributed by atoms with Gasteiger partial charge in [-0.2, -0.15) is 0 Å². The zero-order chi connectivity index (χ0) is 41.0. The summed E-state index contributed by atoms with van der Waals surface area (Å²) in [6.07, 6.45) is -0.492. The molecule has 3 heterocycles. The van der Waals surface area contributed by atoms with E-state index in [0.29, 0.717) is 22.4 Å². The Kier molecular flexibility index (Phi) is 13.6. The van der Waals surface area contributed by atoms with Crippen LogP contribution in [0, 0.1) is 0 Å². The smallest absolute Gasteiger partial charge is 0.326 e. The molecule has 0 spiro atoms. The third-order valence-electron chi connectivity index (χ3n) is 9.65. The number of amides is 5. The molecular formula is C44H43N5O8S. The Morgan fingerprint density at radius 3 is 1.72 bits per heavy atom. The molecule has 0 saturated carbocycles. The van der Waals surface area contributed by atoms with Crippen molar-refractivity contribution in [3.8, 4) is 16.9 Å². The number of benzene rings is 4. The number of rotatable bonds is 8. The van der Waals surface area contributed by atoms with E-state index >= 15 is 0 Å². The lowest BCUT2D eigenvalue weighted by Gasteiger charge is -2.26. The summed E-state index contributed by atoms with van der Waals surface area (Å²) in [5.41, 5.74) is 4.14. The summed E-state index contributed by atoms with van der Waals surface area (Å²) >= 11 is 1.39. The number of phenolic OH excluding ortho intramolecular Hbond substituents is 1. The molecule has 7 rings (SSSR count). The molecule has 2 aliphatic heterocycles. The van der Waals surface area contributed by atoms with Crippen LogP contribution in [0.1, 0.15) is 34.4 Å². The van der Waals surface area contributed by atoms with Gasteiger partial charge in [0.25, 0.3) is 0 Å². The van der Waals surface area contributed by atoms with E-state index in [-0.39, 0.29) is 44.3 Å². The van der Waals surface area contributed by atoms with Crippen LogP contribution in [0.3, 0.4) is 0 Å². The highest BCUT2D eigenvalue weighted by Gasteiger charge is 2.32. The summed E-state index contributed by atoms with van der Waals surface area (Å²) in [6, 6.07) is 28.1. The van der Waals surface area contributed by atoms with E-state index in [1.807, 2.05) is 72.1 Å². The minimum Gasteiger partial charge on any atom is -0.508 e. The molecule has 13 nitrogen and oxygen atoms in total. The van der Waals surface area contributed by atoms with Gasteiger partial charge < -0.3 is 36.8 Å². The number of phenols is 1. The number of hydrogen-bond donors (Lipinski definition) is 7. The highest BCUT2D eigenvalue weighted by Crippen LogP contribution is 2.21. The van der Waals surface area contributed by atoms with E-state index < -0.39 is 59.7 Å². The molecule has 5 amide bonds. The number of thiophene rings is 1. The first-order valence-corrected chi connectivity index (χ1v) is 19.6. The Balaban J connectivity index is 1.35. The third kappa shape index (κ3) is 11.6. The van der Waals surface area contributed by atoms with Crippen LogP contribution < -0.4 is 26.6 Å². The first-order chi connectivity index (χ1) is 28.0. The maximum Gasteiger partial charge on any atom is 0.326 e. The molecule has 0 radical (unpaired) electrons. The minimum atomic E-state index is -1.39. The van der Waals surface area contributed by atoms with Gasteiger partial charge in [-0.05, 0) is 63.5 Å². The lowest BCUT2D eigenvalue weighted by atomic mass is 9.99. The van der Waals surface area contributed by atoms with E-state index in [1.54, 1.807) is 36.4 Å². The van der Waals surface area contributed by atoms with Crippen LogP contribution in [0.5, 0.6) is 5.75 Å². The number of hydrogen-bond acceptors (Lipinski definition) is 8. The van der Waals surface area contributed by atoms with Gasteiger partial charge in [0.05, 0.1) is 0 Å². The highest BCUT2D eigenvalue weighted by molar-refractivity contribution is 7.09. The number of carboxylic acid groups (broad SMARTS) is 1. The fourth-order valence-electron chi connectivity index (χ4n) is 6.52. The maximum atomic E-state index is 14.4. The Labute approximate surface area is 338 Å². The normalized spacial score (nSPS) is 19.8. The number of nitrogens with one attached hydrogen (secondary N) is 5. The Hall–Kier alpha value is -6.80. The lowest BCUT2D eigenvalue weighted by molar-refractivity contribution is -0.142. The van der Waals surface area contributed by atoms with Crippen LogP contribution in [-0.4, -0.2) is 69.9 Å². The molecule has 0 aliphatic carbocycles. The SMILES string of the molecule is O=C1CCC(=O)N[C@H](Cc2cccs2)C(=O)N[C@@H](Cc2ccc(-c3ccccc3)cc2)C(=O)N[C@@H](Cc2ccc(O)cc2)C(=O)N[C@H](C(=O)O)Cc2ccc(cc2)N1. The van der Waals surface area contributed by atoms with Gasteiger partial charge >= 0.3 is 5.97 Å². The molecular weight excluding hydrogens is 759 g/mol. The van der Waals surface area contributed by atoms with Gasteiger partial charge in [0.2, 0.25) is 29.5 Å². The van der Waals surface area contributed by atoms with Crippen molar-refractivity contribution in [3.05, 3.63) is 142 Å². The van der Waals surface area contributed by atoms with Gasteiger partial charge in [-0.25, -0.2) is 4.79 Å². The number of carboxylic acids is 1. The van der Waals surface area contributed by atoms with Gasteiger partial charge in [0.15, 0.2) is 0 Å². The van der Waals surface area contributed by atoms with Crippen LogP contribution in [0.25, 0.3) is 11.1 Å². The van der Waals surface area contributed by atoms with Crippen molar-refractivity contribution in [2.45, 2.75) is 62.7 Å². The van der Waals surface area contributed by atoms with Gasteiger partial charge in [-0.3, -0.25) is 24.0 Å². The minimum absolute atomic E-state index is 0.00634. The van der Waals surface area contributed by atoms with E-state index in [0.717, 1.165) is 16.0 Å². The van der Waals surface area contributed by atoms with E-state index in [2.05, 4.69) is 26.6 Å². The molecule has 14 heteroatoms. The molecule has 4 atom stereocenters. The summed E-state index contributed by atoms with van der Waals surface area (Å²) in [5, 5.41) is 35.5. The molecule has 2 aliphatic rings. The molecule has 4 aromatic carbocycles. The van der Waals surface area contributed by atoms with Crippen LogP contribution in [-0.2, 0) is 54.5 Å². The standard InChI is InChI=1S/C44H43N5O8S/c50-33-18-12-29(13-19-33)24-36-42(54)49-38(44(56)57)25-28-10-16-32(17-11-28)45-39(51)20-21-40(52)46-37(26-34-7-4-22-58-34)43(55)48-35(41(53)47-36)23-27-8-14-31(15-9-27)30-5-2-1-3-6-30/h1-19,22,35-38,50H,20-21,23-26H2,(H,45,51)(H,46,52)(H,47,53)(H,48,55)(H,49,54)(H,56,57)/t35-,36-,37+,38-/m0/s1. The summed E-state index contributed by atoms with van der Waals surface area (Å²) in [4.78, 5) is 81.8. The number of anilines is 1. The summed E-state index contributed by atoms with van der Waals surface area (Å²) in [7, 11) is 0. The van der Waals surface area contributed by atoms with Crippen molar-refractivity contribution in [2.24, 2.45) is 0 Å². The first kappa shape index (κ1) is 40.9. The van der Waals surface area contributed by atoms with E-state index in [4.69, 9.17) is 0 Å². The molecule has 2 bridgehead atoms. The molecule has 7 N–H and O–H groups in total. The van der Waals surface area contributed by atoms with Crippen molar-refractivity contribution in [1.29, 1.82) is 0 Å². The first-order valence-electron chi connectivity index (χ1n) is 18.8.